The third kappa shape index (κ3) is 6.28. The molecule has 0 aliphatic rings. The molecule has 0 aliphatic carbocycles. The molecule has 0 amide bonds. The SMILES string of the molecule is Cc1ccc(OCCOCCOCCc2cc(C)on2)cc1. The Labute approximate surface area is 131 Å². The summed E-state index contributed by atoms with van der Waals surface area (Å²) < 4.78 is 21.5. The molecule has 1 heterocycles. The Morgan fingerprint density at radius 3 is 2.27 bits per heavy atom. The average molecular weight is 305 g/mol. The van der Waals surface area contributed by atoms with E-state index in [1.807, 2.05) is 37.3 Å². The van der Waals surface area contributed by atoms with E-state index < -0.39 is 0 Å². The van der Waals surface area contributed by atoms with Gasteiger partial charge in [-0.15, -0.1) is 0 Å². The van der Waals surface area contributed by atoms with Crippen LogP contribution < -0.4 is 4.74 Å². The lowest BCUT2D eigenvalue weighted by Crippen LogP contribution is -2.11. The van der Waals surface area contributed by atoms with Gasteiger partial charge in [0.25, 0.3) is 0 Å². The molecule has 22 heavy (non-hydrogen) atoms. The molecule has 1 aromatic heterocycles. The number of hydrogen-bond donors (Lipinski definition) is 0. The van der Waals surface area contributed by atoms with Crippen LogP contribution in [-0.4, -0.2) is 38.2 Å². The lowest BCUT2D eigenvalue weighted by atomic mass is 10.2. The second kappa shape index (κ2) is 9.23. The zero-order valence-corrected chi connectivity index (χ0v) is 13.2. The van der Waals surface area contributed by atoms with Gasteiger partial charge in [0.15, 0.2) is 0 Å². The highest BCUT2D eigenvalue weighted by molar-refractivity contribution is 5.26. The zero-order chi connectivity index (χ0) is 15.6. The number of hydrogen-bond acceptors (Lipinski definition) is 5. The third-order valence-corrected chi connectivity index (χ3v) is 3.07. The summed E-state index contributed by atoms with van der Waals surface area (Å²) in [5.74, 6) is 1.69. The molecule has 2 aromatic rings. The molecule has 0 bridgehead atoms. The molecule has 120 valence electrons. The predicted octanol–water partition coefficient (Wildman–Crippen LogP) is 2.95. The van der Waals surface area contributed by atoms with E-state index >= 15 is 0 Å². The van der Waals surface area contributed by atoms with E-state index in [0.29, 0.717) is 33.0 Å². The summed E-state index contributed by atoms with van der Waals surface area (Å²) in [4.78, 5) is 0. The van der Waals surface area contributed by atoms with Crippen molar-refractivity contribution in [3.63, 3.8) is 0 Å². The molecule has 1 aromatic carbocycles. The molecular weight excluding hydrogens is 282 g/mol. The van der Waals surface area contributed by atoms with Gasteiger partial charge < -0.3 is 18.7 Å². The van der Waals surface area contributed by atoms with E-state index in [1.54, 1.807) is 0 Å². The summed E-state index contributed by atoms with van der Waals surface area (Å²) in [6, 6.07) is 9.90. The first-order valence-corrected chi connectivity index (χ1v) is 7.51. The van der Waals surface area contributed by atoms with Crippen molar-refractivity contribution in [2.45, 2.75) is 20.3 Å². The van der Waals surface area contributed by atoms with E-state index in [9.17, 15) is 0 Å². The molecule has 0 radical (unpaired) electrons. The molecule has 5 nitrogen and oxygen atoms in total. The molecule has 0 unspecified atom stereocenters. The maximum atomic E-state index is 5.56. The van der Waals surface area contributed by atoms with Crippen molar-refractivity contribution in [3.8, 4) is 5.75 Å². The van der Waals surface area contributed by atoms with Gasteiger partial charge in [0, 0.05) is 12.5 Å². The van der Waals surface area contributed by atoms with Crippen LogP contribution in [0, 0.1) is 13.8 Å². The van der Waals surface area contributed by atoms with Crippen molar-refractivity contribution < 1.29 is 18.7 Å². The summed E-state index contributed by atoms with van der Waals surface area (Å²) in [5.41, 5.74) is 2.14. The topological polar surface area (TPSA) is 53.7 Å². The highest BCUT2D eigenvalue weighted by Gasteiger charge is 2.00. The fraction of sp³-hybridized carbons (Fsp3) is 0.471. The number of ether oxygens (including phenoxy) is 3. The van der Waals surface area contributed by atoms with Gasteiger partial charge in [0.05, 0.1) is 32.1 Å². The maximum absolute atomic E-state index is 5.56. The van der Waals surface area contributed by atoms with Crippen molar-refractivity contribution in [1.29, 1.82) is 0 Å². The second-order valence-corrected chi connectivity index (χ2v) is 5.07. The summed E-state index contributed by atoms with van der Waals surface area (Å²) in [6.07, 6.45) is 0.758. The Kier molecular flexibility index (Phi) is 6.93. The Balaban J connectivity index is 1.42. The van der Waals surface area contributed by atoms with Crippen molar-refractivity contribution in [2.75, 3.05) is 33.0 Å². The van der Waals surface area contributed by atoms with Crippen molar-refractivity contribution in [2.24, 2.45) is 0 Å². The first kappa shape index (κ1) is 16.5. The van der Waals surface area contributed by atoms with Crippen LogP contribution in [0.25, 0.3) is 0 Å². The monoisotopic (exact) mass is 305 g/mol. The Bertz CT molecular complexity index is 536. The van der Waals surface area contributed by atoms with Gasteiger partial charge in [-0.3, -0.25) is 0 Å². The van der Waals surface area contributed by atoms with E-state index in [4.69, 9.17) is 18.7 Å². The molecule has 0 spiro atoms. The van der Waals surface area contributed by atoms with Crippen LogP contribution >= 0.6 is 0 Å². The fourth-order valence-corrected chi connectivity index (χ4v) is 1.89. The van der Waals surface area contributed by atoms with Gasteiger partial charge in [-0.2, -0.15) is 0 Å². The minimum absolute atomic E-state index is 0.543. The van der Waals surface area contributed by atoms with Crippen LogP contribution in [0.4, 0.5) is 0 Å². The van der Waals surface area contributed by atoms with Crippen LogP contribution in [0.15, 0.2) is 34.9 Å². The third-order valence-electron chi connectivity index (χ3n) is 3.07. The van der Waals surface area contributed by atoms with Crippen molar-refractivity contribution >= 4 is 0 Å². The Hall–Kier alpha value is -1.85. The number of benzene rings is 1. The summed E-state index contributed by atoms with van der Waals surface area (Å²) >= 11 is 0. The van der Waals surface area contributed by atoms with Gasteiger partial charge in [0.1, 0.15) is 18.1 Å². The van der Waals surface area contributed by atoms with Gasteiger partial charge in [-0.25, -0.2) is 0 Å². The van der Waals surface area contributed by atoms with Crippen LogP contribution in [0.1, 0.15) is 17.0 Å². The lowest BCUT2D eigenvalue weighted by molar-refractivity contribution is 0.0370. The maximum Gasteiger partial charge on any atom is 0.133 e. The zero-order valence-electron chi connectivity index (χ0n) is 13.2. The number of rotatable bonds is 10. The normalized spacial score (nSPS) is 10.8. The molecule has 0 aliphatic heterocycles. The minimum atomic E-state index is 0.543. The summed E-state index contributed by atoms with van der Waals surface area (Å²) in [6.45, 7) is 6.78. The largest absolute Gasteiger partial charge is 0.491 e. The molecule has 0 fully saturated rings. The van der Waals surface area contributed by atoms with Gasteiger partial charge in [-0.1, -0.05) is 22.9 Å². The second-order valence-electron chi connectivity index (χ2n) is 5.07. The van der Waals surface area contributed by atoms with Gasteiger partial charge in [0.2, 0.25) is 0 Å². The smallest absolute Gasteiger partial charge is 0.133 e. The van der Waals surface area contributed by atoms with E-state index in [1.165, 1.54) is 5.56 Å². The first-order chi connectivity index (χ1) is 10.7. The lowest BCUT2D eigenvalue weighted by Gasteiger charge is -2.07. The van der Waals surface area contributed by atoms with Gasteiger partial charge in [-0.05, 0) is 26.0 Å². The van der Waals surface area contributed by atoms with Crippen molar-refractivity contribution in [3.05, 3.63) is 47.3 Å². The average Bonchev–Trinajstić information content (AvgIpc) is 2.93. The molecule has 5 heteroatoms. The summed E-state index contributed by atoms with van der Waals surface area (Å²) in [5, 5.41) is 3.91. The highest BCUT2D eigenvalue weighted by Crippen LogP contribution is 2.10. The first-order valence-electron chi connectivity index (χ1n) is 7.51. The molecule has 0 N–H and O–H groups in total. The van der Waals surface area contributed by atoms with Crippen molar-refractivity contribution in [1.82, 2.24) is 5.16 Å². The quantitative estimate of drug-likeness (QED) is 0.632. The van der Waals surface area contributed by atoms with E-state index in [2.05, 4.69) is 12.1 Å². The Morgan fingerprint density at radius 2 is 1.59 bits per heavy atom. The van der Waals surface area contributed by atoms with Crippen LogP contribution in [0.2, 0.25) is 0 Å². The van der Waals surface area contributed by atoms with E-state index in [0.717, 1.165) is 23.6 Å². The summed E-state index contributed by atoms with van der Waals surface area (Å²) in [7, 11) is 0. The number of nitrogens with zero attached hydrogens (tertiary/aromatic N) is 1. The van der Waals surface area contributed by atoms with Crippen LogP contribution in [0.5, 0.6) is 5.75 Å². The molecule has 0 atom stereocenters. The fourth-order valence-electron chi connectivity index (χ4n) is 1.89. The Morgan fingerprint density at radius 1 is 0.909 bits per heavy atom. The highest BCUT2D eigenvalue weighted by atomic mass is 16.5. The predicted molar refractivity (Wildman–Crippen MR) is 83.3 cm³/mol. The standard InChI is InChI=1S/C17H23NO4/c1-14-3-5-17(6-4-14)21-12-11-20-10-9-19-8-7-16-13-15(2)22-18-16/h3-6,13H,7-12H2,1-2H3. The van der Waals surface area contributed by atoms with Gasteiger partial charge >= 0.3 is 0 Å². The van der Waals surface area contributed by atoms with Crippen LogP contribution in [0.3, 0.4) is 0 Å². The van der Waals surface area contributed by atoms with E-state index in [-0.39, 0.29) is 0 Å². The molecule has 0 saturated carbocycles. The molecular formula is C17H23NO4. The molecule has 2 rings (SSSR count). The number of aryl methyl sites for hydroxylation is 2. The minimum Gasteiger partial charge on any atom is -0.491 e. The number of aromatic nitrogens is 1. The molecule has 0 saturated heterocycles. The van der Waals surface area contributed by atoms with Crippen LogP contribution in [-0.2, 0) is 15.9 Å².